The fourth-order valence-corrected chi connectivity index (χ4v) is 3.69. The van der Waals surface area contributed by atoms with Gasteiger partial charge >= 0.3 is 5.97 Å². The van der Waals surface area contributed by atoms with Gasteiger partial charge in [-0.3, -0.25) is 9.89 Å². The van der Waals surface area contributed by atoms with Crippen molar-refractivity contribution in [3.05, 3.63) is 12.4 Å². The third-order valence-electron chi connectivity index (χ3n) is 3.07. The minimum atomic E-state index is -3.78. The van der Waals surface area contributed by atoms with Gasteiger partial charge in [0.1, 0.15) is 10.9 Å². The average molecular weight is 273 g/mol. The van der Waals surface area contributed by atoms with Crippen LogP contribution in [0.25, 0.3) is 0 Å². The van der Waals surface area contributed by atoms with Crippen LogP contribution in [0.1, 0.15) is 25.7 Å². The van der Waals surface area contributed by atoms with Gasteiger partial charge in [-0.15, -0.1) is 0 Å². The smallest absolute Gasteiger partial charge is 0.322 e. The molecule has 1 aliphatic heterocycles. The van der Waals surface area contributed by atoms with E-state index >= 15 is 0 Å². The Bertz CT molecular complexity index is 511. The lowest BCUT2D eigenvalue weighted by atomic mass is 10.1. The van der Waals surface area contributed by atoms with Gasteiger partial charge in [0.2, 0.25) is 10.0 Å². The third-order valence-corrected chi connectivity index (χ3v) is 4.94. The summed E-state index contributed by atoms with van der Waals surface area (Å²) in [7, 11) is -3.78. The molecule has 0 spiro atoms. The molecule has 2 rings (SSSR count). The molecule has 1 fully saturated rings. The van der Waals surface area contributed by atoms with Crippen molar-refractivity contribution >= 4 is 16.0 Å². The van der Waals surface area contributed by atoms with Gasteiger partial charge < -0.3 is 5.11 Å². The minimum absolute atomic E-state index is 0.00986. The Morgan fingerprint density at radius 1 is 1.44 bits per heavy atom. The first-order valence-corrected chi connectivity index (χ1v) is 7.21. The molecule has 18 heavy (non-hydrogen) atoms. The van der Waals surface area contributed by atoms with Crippen molar-refractivity contribution in [3.8, 4) is 0 Å². The zero-order valence-corrected chi connectivity index (χ0v) is 10.6. The molecule has 2 N–H and O–H groups in total. The third kappa shape index (κ3) is 2.39. The summed E-state index contributed by atoms with van der Waals surface area (Å²) in [6.07, 6.45) is 5.07. The summed E-state index contributed by atoms with van der Waals surface area (Å²) in [4.78, 5) is 11.2. The van der Waals surface area contributed by atoms with Gasteiger partial charge in [-0.05, 0) is 12.8 Å². The van der Waals surface area contributed by atoms with Crippen LogP contribution >= 0.6 is 0 Å². The van der Waals surface area contributed by atoms with Crippen LogP contribution in [0.3, 0.4) is 0 Å². The standard InChI is InChI=1S/C10H15N3O4S/c14-10(15)9-4-2-1-3-5-13(9)18(16,17)8-6-11-12-7-8/h6-7,9H,1-5H2,(H,11,12)(H,14,15). The maximum Gasteiger partial charge on any atom is 0.322 e. The van der Waals surface area contributed by atoms with Crippen LogP contribution in [-0.4, -0.2) is 46.6 Å². The van der Waals surface area contributed by atoms with Crippen molar-refractivity contribution in [1.82, 2.24) is 14.5 Å². The summed E-state index contributed by atoms with van der Waals surface area (Å²) in [5.74, 6) is -1.09. The number of carboxylic acid groups (broad SMARTS) is 1. The lowest BCUT2D eigenvalue weighted by molar-refractivity contribution is -0.141. The molecule has 0 aliphatic carbocycles. The molecule has 2 heterocycles. The number of aliphatic carboxylic acids is 1. The van der Waals surface area contributed by atoms with Gasteiger partial charge in [0.05, 0.1) is 6.20 Å². The number of aromatic amines is 1. The largest absolute Gasteiger partial charge is 0.480 e. The van der Waals surface area contributed by atoms with Gasteiger partial charge in [-0.25, -0.2) is 8.42 Å². The van der Waals surface area contributed by atoms with Gasteiger partial charge in [-0.2, -0.15) is 9.40 Å². The zero-order chi connectivity index (χ0) is 13.2. The number of aromatic nitrogens is 2. The van der Waals surface area contributed by atoms with Crippen molar-refractivity contribution in [2.75, 3.05) is 6.54 Å². The first kappa shape index (κ1) is 13.0. The molecule has 0 amide bonds. The van der Waals surface area contributed by atoms with E-state index in [0.29, 0.717) is 12.8 Å². The van der Waals surface area contributed by atoms with Gasteiger partial charge in [0, 0.05) is 12.7 Å². The lowest BCUT2D eigenvalue weighted by Gasteiger charge is -2.25. The Hall–Kier alpha value is -1.41. The molecule has 1 saturated heterocycles. The molecule has 0 bridgehead atoms. The van der Waals surface area contributed by atoms with E-state index in [0.717, 1.165) is 17.1 Å². The number of H-pyrrole nitrogens is 1. The maximum absolute atomic E-state index is 12.3. The van der Waals surface area contributed by atoms with Crippen molar-refractivity contribution in [3.63, 3.8) is 0 Å². The number of hydrogen-bond donors (Lipinski definition) is 2. The van der Waals surface area contributed by atoms with Gasteiger partial charge in [0.25, 0.3) is 0 Å². The van der Waals surface area contributed by atoms with Crippen LogP contribution < -0.4 is 0 Å². The molecule has 1 unspecified atom stereocenters. The molecule has 0 saturated carbocycles. The van der Waals surface area contributed by atoms with E-state index in [2.05, 4.69) is 10.2 Å². The Kier molecular flexibility index (Phi) is 3.67. The second-order valence-electron chi connectivity index (χ2n) is 4.25. The summed E-state index contributed by atoms with van der Waals surface area (Å²) in [5.41, 5.74) is 0. The number of nitrogens with zero attached hydrogens (tertiary/aromatic N) is 2. The normalized spacial score (nSPS) is 22.6. The predicted octanol–water partition coefficient (Wildman–Crippen LogP) is 0.428. The van der Waals surface area contributed by atoms with E-state index in [1.165, 1.54) is 12.4 Å². The fraction of sp³-hybridized carbons (Fsp3) is 0.600. The van der Waals surface area contributed by atoms with Crippen molar-refractivity contribution < 1.29 is 18.3 Å². The molecule has 1 aliphatic rings. The van der Waals surface area contributed by atoms with Crippen LogP contribution in [0.5, 0.6) is 0 Å². The molecule has 8 heteroatoms. The molecule has 1 atom stereocenters. The van der Waals surface area contributed by atoms with Crippen molar-refractivity contribution in [2.45, 2.75) is 36.6 Å². The van der Waals surface area contributed by atoms with Gasteiger partial charge in [-0.1, -0.05) is 12.8 Å². The van der Waals surface area contributed by atoms with Crippen LogP contribution in [0.4, 0.5) is 0 Å². The first-order valence-electron chi connectivity index (χ1n) is 5.77. The van der Waals surface area contributed by atoms with E-state index in [-0.39, 0.29) is 11.4 Å². The topological polar surface area (TPSA) is 103 Å². The highest BCUT2D eigenvalue weighted by Crippen LogP contribution is 2.24. The number of nitrogens with one attached hydrogen (secondary N) is 1. The number of sulfonamides is 1. The summed E-state index contributed by atoms with van der Waals surface area (Å²) < 4.78 is 25.7. The molecule has 0 aromatic carbocycles. The van der Waals surface area contributed by atoms with Crippen LogP contribution in [0.15, 0.2) is 17.3 Å². The molecule has 100 valence electrons. The number of rotatable bonds is 3. The summed E-state index contributed by atoms with van der Waals surface area (Å²) >= 11 is 0. The Morgan fingerprint density at radius 3 is 2.83 bits per heavy atom. The predicted molar refractivity (Wildman–Crippen MR) is 62.4 cm³/mol. The Balaban J connectivity index is 2.36. The molecule has 1 aromatic heterocycles. The fourth-order valence-electron chi connectivity index (χ4n) is 2.13. The minimum Gasteiger partial charge on any atom is -0.480 e. The van der Waals surface area contributed by atoms with E-state index < -0.39 is 22.0 Å². The highest BCUT2D eigenvalue weighted by molar-refractivity contribution is 7.89. The van der Waals surface area contributed by atoms with E-state index in [9.17, 15) is 13.2 Å². The number of carboxylic acids is 1. The highest BCUT2D eigenvalue weighted by Gasteiger charge is 2.36. The summed E-state index contributed by atoms with van der Waals surface area (Å²) in [6.45, 7) is 0.241. The molecular weight excluding hydrogens is 258 g/mol. The highest BCUT2D eigenvalue weighted by atomic mass is 32.2. The summed E-state index contributed by atoms with van der Waals surface area (Å²) in [5, 5.41) is 15.2. The van der Waals surface area contributed by atoms with E-state index in [1.807, 2.05) is 0 Å². The molecule has 7 nitrogen and oxygen atoms in total. The molecule has 0 radical (unpaired) electrons. The SMILES string of the molecule is O=C(O)C1CCCCCN1S(=O)(=O)c1cn[nH]c1. The van der Waals surface area contributed by atoms with Crippen molar-refractivity contribution in [2.24, 2.45) is 0 Å². The Morgan fingerprint density at radius 2 is 2.22 bits per heavy atom. The average Bonchev–Trinajstić information content (AvgIpc) is 2.73. The zero-order valence-electron chi connectivity index (χ0n) is 9.74. The van der Waals surface area contributed by atoms with Crippen LogP contribution in [0.2, 0.25) is 0 Å². The quantitative estimate of drug-likeness (QED) is 0.831. The van der Waals surface area contributed by atoms with E-state index in [4.69, 9.17) is 5.11 Å². The number of hydrogen-bond acceptors (Lipinski definition) is 4. The van der Waals surface area contributed by atoms with E-state index in [1.54, 1.807) is 0 Å². The van der Waals surface area contributed by atoms with Crippen LogP contribution in [0, 0.1) is 0 Å². The number of carbonyl (C=O) groups is 1. The van der Waals surface area contributed by atoms with Crippen molar-refractivity contribution in [1.29, 1.82) is 0 Å². The second kappa shape index (κ2) is 5.07. The maximum atomic E-state index is 12.3. The summed E-state index contributed by atoms with van der Waals surface area (Å²) in [6, 6.07) is -0.979. The van der Waals surface area contributed by atoms with Crippen LogP contribution in [-0.2, 0) is 14.8 Å². The molecule has 1 aromatic rings. The lowest BCUT2D eigenvalue weighted by Crippen LogP contribution is -2.44. The molecular formula is C10H15N3O4S. The first-order chi connectivity index (χ1) is 8.53. The van der Waals surface area contributed by atoms with Gasteiger partial charge in [0.15, 0.2) is 0 Å². The Labute approximate surface area is 105 Å². The monoisotopic (exact) mass is 273 g/mol. The second-order valence-corrected chi connectivity index (χ2v) is 6.14.